The van der Waals surface area contributed by atoms with Crippen molar-refractivity contribution in [2.24, 2.45) is 0 Å². The minimum absolute atomic E-state index is 0.198. The van der Waals surface area contributed by atoms with E-state index in [1.165, 1.54) is 5.56 Å². The lowest BCUT2D eigenvalue weighted by molar-refractivity contribution is 0.0950. The van der Waals surface area contributed by atoms with Gasteiger partial charge in [-0.25, -0.2) is 0 Å². The highest BCUT2D eigenvalue weighted by Gasteiger charge is 2.10. The zero-order chi connectivity index (χ0) is 20.8. The number of ether oxygens (including phenoxy) is 2. The fourth-order valence-electron chi connectivity index (χ4n) is 3.02. The van der Waals surface area contributed by atoms with Crippen molar-refractivity contribution in [3.05, 3.63) is 77.1 Å². The van der Waals surface area contributed by atoms with Gasteiger partial charge < -0.3 is 20.1 Å². The first-order valence-corrected chi connectivity index (χ1v) is 9.28. The molecule has 0 spiro atoms. The first-order valence-electron chi connectivity index (χ1n) is 9.28. The number of rotatable bonds is 7. The highest BCUT2D eigenvalue weighted by molar-refractivity contribution is 5.94. The van der Waals surface area contributed by atoms with Crippen LogP contribution in [0.5, 0.6) is 11.5 Å². The summed E-state index contributed by atoms with van der Waals surface area (Å²) in [6.45, 7) is 4.47. The number of nitrogens with one attached hydrogen (secondary N) is 2. The first kappa shape index (κ1) is 20.2. The Labute approximate surface area is 170 Å². The SMILES string of the molecule is COc1ccc(CNC(=O)c2cncc(Nc3ccc(C)cc3C)c2)cc1OC. The van der Waals surface area contributed by atoms with Gasteiger partial charge in [-0.1, -0.05) is 23.8 Å². The van der Waals surface area contributed by atoms with Gasteiger partial charge in [0.1, 0.15) is 0 Å². The van der Waals surface area contributed by atoms with Gasteiger partial charge >= 0.3 is 0 Å². The number of hydrogen-bond donors (Lipinski definition) is 2. The van der Waals surface area contributed by atoms with Gasteiger partial charge in [-0.3, -0.25) is 9.78 Å². The molecule has 0 saturated heterocycles. The fourth-order valence-corrected chi connectivity index (χ4v) is 3.02. The molecule has 0 saturated carbocycles. The highest BCUT2D eigenvalue weighted by atomic mass is 16.5. The van der Waals surface area contributed by atoms with E-state index in [0.717, 1.165) is 22.5 Å². The molecule has 0 aliphatic carbocycles. The van der Waals surface area contributed by atoms with Crippen molar-refractivity contribution < 1.29 is 14.3 Å². The van der Waals surface area contributed by atoms with Gasteiger partial charge in [0.05, 0.1) is 31.7 Å². The number of benzene rings is 2. The van der Waals surface area contributed by atoms with Crippen LogP contribution in [0.1, 0.15) is 27.0 Å². The van der Waals surface area contributed by atoms with Crippen LogP contribution in [-0.4, -0.2) is 25.1 Å². The van der Waals surface area contributed by atoms with Gasteiger partial charge in [-0.15, -0.1) is 0 Å². The molecule has 3 rings (SSSR count). The normalized spacial score (nSPS) is 10.3. The molecule has 0 atom stereocenters. The maximum Gasteiger partial charge on any atom is 0.253 e. The third-order valence-corrected chi connectivity index (χ3v) is 4.56. The second-order valence-corrected chi connectivity index (χ2v) is 6.78. The molecule has 0 aliphatic rings. The summed E-state index contributed by atoms with van der Waals surface area (Å²) in [5, 5.41) is 6.23. The van der Waals surface area contributed by atoms with E-state index in [4.69, 9.17) is 9.47 Å². The standard InChI is InChI=1S/C23H25N3O3/c1-15-5-7-20(16(2)9-15)26-19-11-18(13-24-14-19)23(27)25-12-17-6-8-21(28-3)22(10-17)29-4/h5-11,13-14,26H,12H2,1-4H3,(H,25,27). The average Bonchev–Trinajstić information content (AvgIpc) is 2.74. The van der Waals surface area contributed by atoms with Crippen LogP contribution in [-0.2, 0) is 6.54 Å². The maximum atomic E-state index is 12.6. The Bertz CT molecular complexity index is 1020. The van der Waals surface area contributed by atoms with E-state index in [2.05, 4.69) is 28.6 Å². The van der Waals surface area contributed by atoms with Crippen LogP contribution in [0, 0.1) is 13.8 Å². The van der Waals surface area contributed by atoms with Crippen LogP contribution >= 0.6 is 0 Å². The lowest BCUT2D eigenvalue weighted by Gasteiger charge is -2.12. The smallest absolute Gasteiger partial charge is 0.253 e. The Hall–Kier alpha value is -3.54. The van der Waals surface area contributed by atoms with Crippen molar-refractivity contribution in [3.8, 4) is 11.5 Å². The number of aryl methyl sites for hydroxylation is 2. The lowest BCUT2D eigenvalue weighted by atomic mass is 10.1. The Balaban J connectivity index is 1.68. The molecule has 0 aliphatic heterocycles. The van der Waals surface area contributed by atoms with Gasteiger partial charge in [-0.05, 0) is 49.2 Å². The summed E-state index contributed by atoms with van der Waals surface area (Å²) >= 11 is 0. The summed E-state index contributed by atoms with van der Waals surface area (Å²) in [7, 11) is 3.17. The first-order chi connectivity index (χ1) is 14.0. The largest absolute Gasteiger partial charge is 0.493 e. The number of pyridine rings is 1. The van der Waals surface area contributed by atoms with Crippen molar-refractivity contribution in [1.82, 2.24) is 10.3 Å². The molecular weight excluding hydrogens is 366 g/mol. The van der Waals surface area contributed by atoms with E-state index < -0.39 is 0 Å². The number of nitrogens with zero attached hydrogens (tertiary/aromatic N) is 1. The summed E-state index contributed by atoms with van der Waals surface area (Å²) in [6.07, 6.45) is 3.25. The predicted octanol–water partition coefficient (Wildman–Crippen LogP) is 4.39. The molecule has 3 aromatic rings. The van der Waals surface area contributed by atoms with Crippen LogP contribution in [0.25, 0.3) is 0 Å². The summed E-state index contributed by atoms with van der Waals surface area (Å²) in [4.78, 5) is 16.8. The minimum Gasteiger partial charge on any atom is -0.493 e. The third kappa shape index (κ3) is 5.04. The Morgan fingerprint density at radius 2 is 1.76 bits per heavy atom. The summed E-state index contributed by atoms with van der Waals surface area (Å²) in [5.41, 5.74) is 5.48. The predicted molar refractivity (Wildman–Crippen MR) is 114 cm³/mol. The second kappa shape index (κ2) is 9.10. The Kier molecular flexibility index (Phi) is 6.34. The molecule has 0 radical (unpaired) electrons. The maximum absolute atomic E-state index is 12.6. The molecule has 1 heterocycles. The monoisotopic (exact) mass is 391 g/mol. The highest BCUT2D eigenvalue weighted by Crippen LogP contribution is 2.27. The van der Waals surface area contributed by atoms with Crippen molar-refractivity contribution in [2.45, 2.75) is 20.4 Å². The molecule has 29 heavy (non-hydrogen) atoms. The number of aromatic nitrogens is 1. The number of carbonyl (C=O) groups is 1. The molecule has 150 valence electrons. The van der Waals surface area contributed by atoms with Crippen molar-refractivity contribution >= 4 is 17.3 Å². The average molecular weight is 391 g/mol. The zero-order valence-corrected chi connectivity index (χ0v) is 17.1. The molecule has 0 fully saturated rings. The number of methoxy groups -OCH3 is 2. The van der Waals surface area contributed by atoms with Crippen molar-refractivity contribution in [1.29, 1.82) is 0 Å². The fraction of sp³-hybridized carbons (Fsp3) is 0.217. The van der Waals surface area contributed by atoms with E-state index in [9.17, 15) is 4.79 Å². The second-order valence-electron chi connectivity index (χ2n) is 6.78. The van der Waals surface area contributed by atoms with E-state index in [-0.39, 0.29) is 5.91 Å². The topological polar surface area (TPSA) is 72.5 Å². The Morgan fingerprint density at radius 1 is 0.966 bits per heavy atom. The molecule has 2 aromatic carbocycles. The van der Waals surface area contributed by atoms with E-state index in [1.54, 1.807) is 32.7 Å². The molecular formula is C23H25N3O3. The molecule has 2 N–H and O–H groups in total. The summed E-state index contributed by atoms with van der Waals surface area (Å²) < 4.78 is 10.5. The Morgan fingerprint density at radius 3 is 2.48 bits per heavy atom. The van der Waals surface area contributed by atoms with E-state index in [0.29, 0.717) is 23.6 Å². The molecule has 0 bridgehead atoms. The third-order valence-electron chi connectivity index (χ3n) is 4.56. The quantitative estimate of drug-likeness (QED) is 0.625. The molecule has 6 nitrogen and oxygen atoms in total. The van der Waals surface area contributed by atoms with Gasteiger partial charge in [0.15, 0.2) is 11.5 Å². The number of hydrogen-bond acceptors (Lipinski definition) is 5. The van der Waals surface area contributed by atoms with Gasteiger partial charge in [-0.2, -0.15) is 0 Å². The lowest BCUT2D eigenvalue weighted by Crippen LogP contribution is -2.23. The van der Waals surface area contributed by atoms with Crippen LogP contribution in [0.3, 0.4) is 0 Å². The van der Waals surface area contributed by atoms with E-state index >= 15 is 0 Å². The molecule has 1 aromatic heterocycles. The molecule has 1 amide bonds. The molecule has 0 unspecified atom stereocenters. The van der Waals surface area contributed by atoms with Gasteiger partial charge in [0, 0.05) is 18.4 Å². The van der Waals surface area contributed by atoms with Gasteiger partial charge in [0.25, 0.3) is 5.91 Å². The van der Waals surface area contributed by atoms with Crippen molar-refractivity contribution in [3.63, 3.8) is 0 Å². The van der Waals surface area contributed by atoms with Crippen LogP contribution < -0.4 is 20.1 Å². The zero-order valence-electron chi connectivity index (χ0n) is 17.1. The van der Waals surface area contributed by atoms with Crippen molar-refractivity contribution in [2.75, 3.05) is 19.5 Å². The van der Waals surface area contributed by atoms with Crippen LogP contribution in [0.15, 0.2) is 54.9 Å². The number of anilines is 2. The number of amides is 1. The van der Waals surface area contributed by atoms with Gasteiger partial charge in [0.2, 0.25) is 0 Å². The van der Waals surface area contributed by atoms with Crippen LogP contribution in [0.2, 0.25) is 0 Å². The summed E-state index contributed by atoms with van der Waals surface area (Å²) in [5.74, 6) is 1.08. The summed E-state index contributed by atoms with van der Waals surface area (Å²) in [6, 6.07) is 13.5. The number of carbonyl (C=O) groups excluding carboxylic acids is 1. The molecule has 6 heteroatoms. The minimum atomic E-state index is -0.198. The van der Waals surface area contributed by atoms with Crippen LogP contribution in [0.4, 0.5) is 11.4 Å². The van der Waals surface area contributed by atoms with E-state index in [1.807, 2.05) is 37.3 Å².